The molecule has 0 aliphatic carbocycles. The minimum absolute atomic E-state index is 0.595. The van der Waals surface area contributed by atoms with E-state index in [2.05, 4.69) is 82.1 Å². The fourth-order valence-electron chi connectivity index (χ4n) is 4.90. The number of nitrogens with one attached hydrogen (secondary N) is 2. The molecule has 1 aliphatic rings. The van der Waals surface area contributed by atoms with E-state index in [4.69, 9.17) is 4.74 Å². The van der Waals surface area contributed by atoms with Gasteiger partial charge in [0.05, 0.1) is 0 Å². The van der Waals surface area contributed by atoms with Crippen LogP contribution in [0, 0.1) is 0 Å². The molecule has 176 valence electrons. The highest BCUT2D eigenvalue weighted by atomic mass is 16.5. The molecule has 3 aromatic carbocycles. The number of hydrogen-bond acceptors (Lipinski definition) is 3. The van der Waals surface area contributed by atoms with Gasteiger partial charge >= 0.3 is 0 Å². The van der Waals surface area contributed by atoms with Gasteiger partial charge in [0.25, 0.3) is 0 Å². The number of rotatable bonds is 10. The van der Waals surface area contributed by atoms with Crippen LogP contribution in [0.4, 0.5) is 0 Å². The second-order valence-electron chi connectivity index (χ2n) is 9.35. The Hall–Kier alpha value is -3.08. The van der Waals surface area contributed by atoms with Gasteiger partial charge in [-0.2, -0.15) is 0 Å². The number of aromatic nitrogens is 1. The normalized spacial score (nSPS) is 15.1. The molecule has 0 saturated carbocycles. The average Bonchev–Trinajstić information content (AvgIpc) is 3.30. The van der Waals surface area contributed by atoms with E-state index in [0.717, 1.165) is 25.1 Å². The first-order valence-corrected chi connectivity index (χ1v) is 12.6. The number of hydrogen-bond donors (Lipinski definition) is 2. The van der Waals surface area contributed by atoms with Gasteiger partial charge in [-0.1, -0.05) is 60.7 Å². The summed E-state index contributed by atoms with van der Waals surface area (Å²) in [6.07, 6.45) is 6.80. The van der Waals surface area contributed by atoms with E-state index >= 15 is 0 Å². The monoisotopic (exact) mass is 453 g/mol. The quantitative estimate of drug-likeness (QED) is 0.329. The van der Waals surface area contributed by atoms with Gasteiger partial charge in [-0.25, -0.2) is 0 Å². The number of piperidine rings is 1. The van der Waals surface area contributed by atoms with Crippen LogP contribution >= 0.6 is 0 Å². The lowest BCUT2D eigenvalue weighted by Gasteiger charge is -2.32. The van der Waals surface area contributed by atoms with Crippen molar-refractivity contribution in [3.05, 3.63) is 102 Å². The Morgan fingerprint density at radius 2 is 1.59 bits per heavy atom. The third-order valence-corrected chi connectivity index (χ3v) is 6.96. The third-order valence-electron chi connectivity index (χ3n) is 6.96. The first-order valence-electron chi connectivity index (χ1n) is 12.6. The number of benzene rings is 3. The van der Waals surface area contributed by atoms with Crippen molar-refractivity contribution >= 4 is 10.9 Å². The van der Waals surface area contributed by atoms with Crippen molar-refractivity contribution in [3.8, 4) is 5.75 Å². The molecule has 0 radical (unpaired) electrons. The van der Waals surface area contributed by atoms with Crippen LogP contribution in [0.1, 0.15) is 29.5 Å². The highest BCUT2D eigenvalue weighted by Crippen LogP contribution is 2.25. The minimum Gasteiger partial charge on any atom is -0.489 e. The summed E-state index contributed by atoms with van der Waals surface area (Å²) < 4.78 is 6.05. The minimum atomic E-state index is 0.595. The van der Waals surface area contributed by atoms with Crippen LogP contribution in [0.25, 0.3) is 10.9 Å². The molecule has 2 heterocycles. The van der Waals surface area contributed by atoms with Crippen molar-refractivity contribution < 1.29 is 4.74 Å². The molecular formula is C30H35N3O. The van der Waals surface area contributed by atoms with Crippen molar-refractivity contribution in [2.24, 2.45) is 0 Å². The average molecular weight is 454 g/mol. The molecule has 4 nitrogen and oxygen atoms in total. The van der Waals surface area contributed by atoms with Gasteiger partial charge in [0.15, 0.2) is 0 Å². The van der Waals surface area contributed by atoms with Crippen LogP contribution in [0.5, 0.6) is 5.75 Å². The summed E-state index contributed by atoms with van der Waals surface area (Å²) in [7, 11) is 0. The van der Waals surface area contributed by atoms with Gasteiger partial charge in [0, 0.05) is 29.7 Å². The molecular weight excluding hydrogens is 418 g/mol. The van der Waals surface area contributed by atoms with Crippen molar-refractivity contribution in [2.75, 3.05) is 26.2 Å². The Morgan fingerprint density at radius 3 is 2.35 bits per heavy atom. The maximum Gasteiger partial charge on any atom is 0.120 e. The van der Waals surface area contributed by atoms with Gasteiger partial charge in [-0.15, -0.1) is 0 Å². The lowest BCUT2D eigenvalue weighted by molar-refractivity contribution is 0.200. The van der Waals surface area contributed by atoms with E-state index in [-0.39, 0.29) is 0 Å². The second-order valence-corrected chi connectivity index (χ2v) is 9.35. The summed E-state index contributed by atoms with van der Waals surface area (Å²) >= 11 is 0. The summed E-state index contributed by atoms with van der Waals surface area (Å²) in [5, 5.41) is 5.08. The van der Waals surface area contributed by atoms with Crippen molar-refractivity contribution in [1.29, 1.82) is 0 Å². The molecule has 4 heteroatoms. The molecule has 1 fully saturated rings. The van der Waals surface area contributed by atoms with Gasteiger partial charge in [0.2, 0.25) is 0 Å². The summed E-state index contributed by atoms with van der Waals surface area (Å²) in [6, 6.07) is 28.1. The number of ether oxygens (including phenoxy) is 1. The highest BCUT2D eigenvalue weighted by molar-refractivity contribution is 5.84. The molecule has 0 spiro atoms. The molecule has 0 atom stereocenters. The van der Waals surface area contributed by atoms with E-state index in [1.165, 1.54) is 60.1 Å². The second kappa shape index (κ2) is 11.4. The van der Waals surface area contributed by atoms with Gasteiger partial charge in [-0.3, -0.25) is 0 Å². The standard InChI is InChI=1S/C30H35N3O/c1-3-7-24(8-4-1)14-18-33-19-15-27(16-20-33)31-17-13-26-22-32-30-12-11-28(21-29(26)30)34-23-25-9-5-2-6-10-25/h1-12,21-22,27,31-32H,13-20,23H2. The molecule has 0 bridgehead atoms. The lowest BCUT2D eigenvalue weighted by Crippen LogP contribution is -2.43. The van der Waals surface area contributed by atoms with Gasteiger partial charge < -0.3 is 19.9 Å². The predicted molar refractivity (Wildman–Crippen MR) is 140 cm³/mol. The van der Waals surface area contributed by atoms with Crippen LogP contribution in [0.3, 0.4) is 0 Å². The highest BCUT2D eigenvalue weighted by Gasteiger charge is 2.18. The molecule has 1 saturated heterocycles. The number of aromatic amines is 1. The smallest absolute Gasteiger partial charge is 0.120 e. The Morgan fingerprint density at radius 1 is 0.853 bits per heavy atom. The molecule has 1 aliphatic heterocycles. The van der Waals surface area contributed by atoms with E-state index < -0.39 is 0 Å². The zero-order valence-electron chi connectivity index (χ0n) is 19.9. The summed E-state index contributed by atoms with van der Waals surface area (Å²) in [5.41, 5.74) is 5.16. The topological polar surface area (TPSA) is 40.3 Å². The lowest BCUT2D eigenvalue weighted by atomic mass is 10.0. The van der Waals surface area contributed by atoms with Crippen LogP contribution in [-0.2, 0) is 19.4 Å². The number of H-pyrrole nitrogens is 1. The first kappa shape index (κ1) is 22.7. The SMILES string of the molecule is c1ccc(CCN2CCC(NCCc3c[nH]c4ccc(OCc5ccccc5)cc34)CC2)cc1. The Labute approximate surface area is 203 Å². The number of nitrogens with zero attached hydrogens (tertiary/aromatic N) is 1. The molecule has 4 aromatic rings. The first-order chi connectivity index (χ1) is 16.8. The van der Waals surface area contributed by atoms with E-state index in [1.807, 2.05) is 18.2 Å². The fraction of sp³-hybridized carbons (Fsp3) is 0.333. The molecule has 2 N–H and O–H groups in total. The van der Waals surface area contributed by atoms with Gasteiger partial charge in [0.1, 0.15) is 12.4 Å². The van der Waals surface area contributed by atoms with Crippen molar-refractivity contribution in [2.45, 2.75) is 38.3 Å². The van der Waals surface area contributed by atoms with Crippen molar-refractivity contribution in [3.63, 3.8) is 0 Å². The third kappa shape index (κ3) is 6.07. The molecule has 5 rings (SSSR count). The zero-order chi connectivity index (χ0) is 23.0. The Bertz CT molecular complexity index is 1150. The van der Waals surface area contributed by atoms with Crippen LogP contribution in [0.2, 0.25) is 0 Å². The molecule has 0 amide bonds. The summed E-state index contributed by atoms with van der Waals surface area (Å²) in [5.74, 6) is 0.924. The van der Waals surface area contributed by atoms with Gasteiger partial charge in [-0.05, 0) is 80.2 Å². The number of likely N-dealkylation sites (tertiary alicyclic amines) is 1. The fourth-order valence-corrected chi connectivity index (χ4v) is 4.90. The van der Waals surface area contributed by atoms with E-state index in [1.54, 1.807) is 0 Å². The van der Waals surface area contributed by atoms with Crippen molar-refractivity contribution in [1.82, 2.24) is 15.2 Å². The van der Waals surface area contributed by atoms with Crippen LogP contribution < -0.4 is 10.1 Å². The molecule has 34 heavy (non-hydrogen) atoms. The Balaban J connectivity index is 1.07. The van der Waals surface area contributed by atoms with Crippen LogP contribution in [0.15, 0.2) is 85.1 Å². The van der Waals surface area contributed by atoms with E-state index in [0.29, 0.717) is 12.6 Å². The summed E-state index contributed by atoms with van der Waals surface area (Å²) in [6.45, 7) is 5.16. The summed E-state index contributed by atoms with van der Waals surface area (Å²) in [4.78, 5) is 6.03. The zero-order valence-corrected chi connectivity index (χ0v) is 19.9. The maximum absolute atomic E-state index is 6.05. The largest absolute Gasteiger partial charge is 0.489 e. The van der Waals surface area contributed by atoms with E-state index in [9.17, 15) is 0 Å². The number of fused-ring (bicyclic) bond motifs is 1. The van der Waals surface area contributed by atoms with Crippen LogP contribution in [-0.4, -0.2) is 42.1 Å². The maximum atomic E-state index is 6.05. The predicted octanol–water partition coefficient (Wildman–Crippen LogP) is 5.59. The Kier molecular flexibility index (Phi) is 7.59. The molecule has 1 aromatic heterocycles. The molecule has 0 unspecified atom stereocenters.